The van der Waals surface area contributed by atoms with Crippen molar-refractivity contribution in [3.8, 4) is 0 Å². The molecule has 0 radical (unpaired) electrons. The van der Waals surface area contributed by atoms with Gasteiger partial charge >= 0.3 is 0 Å². The molecule has 6 heteroatoms. The van der Waals surface area contributed by atoms with E-state index in [0.717, 1.165) is 32.2 Å². The number of hydroxylamine groups is 1. The molecule has 3 aliphatic rings. The van der Waals surface area contributed by atoms with E-state index in [1.165, 1.54) is 5.70 Å². The van der Waals surface area contributed by atoms with E-state index in [2.05, 4.69) is 84.7 Å². The first-order valence-electron chi connectivity index (χ1n) is 11.1. The van der Waals surface area contributed by atoms with Crippen LogP contribution in [0.3, 0.4) is 0 Å². The molecule has 0 amide bonds. The number of nitrogens with one attached hydrogen (secondary N) is 4. The summed E-state index contributed by atoms with van der Waals surface area (Å²) < 4.78 is 0. The first-order chi connectivity index (χ1) is 14.1. The summed E-state index contributed by atoms with van der Waals surface area (Å²) in [5, 5.41) is 10.6. The zero-order valence-electron chi connectivity index (χ0n) is 17.9. The van der Waals surface area contributed by atoms with Crippen LogP contribution >= 0.6 is 11.6 Å². The first-order valence-corrected chi connectivity index (χ1v) is 11.5. The van der Waals surface area contributed by atoms with Gasteiger partial charge < -0.3 is 5.32 Å². The van der Waals surface area contributed by atoms with Gasteiger partial charge in [0.15, 0.2) is 5.62 Å². The topological polar surface area (TPSA) is 57.3 Å². The number of alkyl halides is 1. The standard InChI is InChI=1S/C23H37ClN4O/c1-4-5-7-12-20-19(13-17-10-8-6-9-11-17)22(27-23(24)26-20)25-15-18-14-21(16(2)3)28-29-18/h5-10,12,16-19,21-23,25-28H,4,11,13-15H2,1-3H3/b7-5-,20-12+. The van der Waals surface area contributed by atoms with Crippen molar-refractivity contribution in [2.75, 3.05) is 6.54 Å². The minimum Gasteiger partial charge on any atom is -0.360 e. The molecule has 4 N–H and O–H groups in total. The lowest BCUT2D eigenvalue weighted by atomic mass is 9.85. The largest absolute Gasteiger partial charge is 0.360 e. The van der Waals surface area contributed by atoms with Crippen molar-refractivity contribution >= 4 is 11.6 Å². The van der Waals surface area contributed by atoms with Crippen LogP contribution in [-0.4, -0.2) is 30.5 Å². The second-order valence-corrected chi connectivity index (χ2v) is 9.05. The maximum absolute atomic E-state index is 6.49. The fourth-order valence-electron chi connectivity index (χ4n) is 4.18. The molecule has 0 aromatic heterocycles. The Morgan fingerprint density at radius 3 is 2.90 bits per heavy atom. The van der Waals surface area contributed by atoms with Gasteiger partial charge in [-0.3, -0.25) is 15.5 Å². The van der Waals surface area contributed by atoms with E-state index in [4.69, 9.17) is 16.4 Å². The maximum atomic E-state index is 6.49. The van der Waals surface area contributed by atoms with E-state index in [1.54, 1.807) is 0 Å². The Hall–Kier alpha value is -1.11. The lowest BCUT2D eigenvalue weighted by Crippen LogP contribution is -2.61. The van der Waals surface area contributed by atoms with Gasteiger partial charge in [-0.2, -0.15) is 5.48 Å². The van der Waals surface area contributed by atoms with E-state index in [9.17, 15) is 0 Å². The molecule has 0 bridgehead atoms. The number of halogens is 1. The van der Waals surface area contributed by atoms with E-state index >= 15 is 0 Å². The third-order valence-corrected chi connectivity index (χ3v) is 6.20. The summed E-state index contributed by atoms with van der Waals surface area (Å²) in [6.07, 6.45) is 19.8. The first kappa shape index (κ1) is 22.6. The maximum Gasteiger partial charge on any atom is 0.156 e. The quantitative estimate of drug-likeness (QED) is 0.354. The highest BCUT2D eigenvalue weighted by Crippen LogP contribution is 2.29. The van der Waals surface area contributed by atoms with E-state index in [1.807, 2.05) is 0 Å². The van der Waals surface area contributed by atoms with Gasteiger partial charge in [0.25, 0.3) is 0 Å². The molecule has 6 unspecified atom stereocenters. The van der Waals surface area contributed by atoms with Crippen molar-refractivity contribution < 1.29 is 4.84 Å². The van der Waals surface area contributed by atoms with Crippen LogP contribution in [0, 0.1) is 17.8 Å². The highest BCUT2D eigenvalue weighted by molar-refractivity contribution is 6.20. The Labute approximate surface area is 181 Å². The van der Waals surface area contributed by atoms with Crippen molar-refractivity contribution in [1.29, 1.82) is 0 Å². The van der Waals surface area contributed by atoms with Gasteiger partial charge in [0, 0.05) is 24.2 Å². The van der Waals surface area contributed by atoms with E-state index in [0.29, 0.717) is 23.8 Å². The number of hydrogen-bond donors (Lipinski definition) is 4. The van der Waals surface area contributed by atoms with E-state index in [-0.39, 0.29) is 17.9 Å². The fourth-order valence-corrected chi connectivity index (χ4v) is 4.44. The van der Waals surface area contributed by atoms with Crippen molar-refractivity contribution in [3.63, 3.8) is 0 Å². The monoisotopic (exact) mass is 420 g/mol. The summed E-state index contributed by atoms with van der Waals surface area (Å²) in [5.74, 6) is 1.42. The molecule has 2 fully saturated rings. The lowest BCUT2D eigenvalue weighted by molar-refractivity contribution is 0.0196. The minimum atomic E-state index is -0.294. The van der Waals surface area contributed by atoms with Crippen molar-refractivity contribution in [2.24, 2.45) is 17.8 Å². The molecule has 29 heavy (non-hydrogen) atoms. The molecule has 3 rings (SSSR count). The van der Waals surface area contributed by atoms with Gasteiger partial charge in [0.1, 0.15) is 0 Å². The van der Waals surface area contributed by atoms with Gasteiger partial charge in [0.2, 0.25) is 0 Å². The van der Waals surface area contributed by atoms with Crippen LogP contribution in [0.4, 0.5) is 0 Å². The van der Waals surface area contributed by atoms with Crippen LogP contribution in [0.1, 0.15) is 46.5 Å². The third-order valence-electron chi connectivity index (χ3n) is 5.97. The summed E-state index contributed by atoms with van der Waals surface area (Å²) in [5.41, 5.74) is 4.09. The predicted molar refractivity (Wildman–Crippen MR) is 121 cm³/mol. The summed E-state index contributed by atoms with van der Waals surface area (Å²) in [7, 11) is 0. The third kappa shape index (κ3) is 6.69. The number of hydrogen-bond acceptors (Lipinski definition) is 5. The van der Waals surface area contributed by atoms with Gasteiger partial charge in [0.05, 0.1) is 12.3 Å². The number of allylic oxidation sites excluding steroid dienone is 7. The lowest BCUT2D eigenvalue weighted by Gasteiger charge is -2.40. The number of rotatable bonds is 8. The van der Waals surface area contributed by atoms with Gasteiger partial charge in [-0.05, 0) is 43.6 Å². The van der Waals surface area contributed by atoms with Crippen LogP contribution in [0.25, 0.3) is 0 Å². The second kappa shape index (κ2) is 11.3. The highest BCUT2D eigenvalue weighted by atomic mass is 35.5. The highest BCUT2D eigenvalue weighted by Gasteiger charge is 2.35. The molecular weight excluding hydrogens is 384 g/mol. The van der Waals surface area contributed by atoms with Crippen molar-refractivity contribution in [2.45, 2.75) is 70.4 Å². The molecule has 6 atom stereocenters. The summed E-state index contributed by atoms with van der Waals surface area (Å²) in [6.45, 7) is 7.40. The fraction of sp³-hybridized carbons (Fsp3) is 0.652. The second-order valence-electron chi connectivity index (χ2n) is 8.61. The van der Waals surface area contributed by atoms with Crippen LogP contribution in [0.2, 0.25) is 0 Å². The summed E-state index contributed by atoms with van der Waals surface area (Å²) >= 11 is 6.49. The molecule has 0 aromatic rings. The van der Waals surface area contributed by atoms with Crippen LogP contribution in [0.5, 0.6) is 0 Å². The van der Waals surface area contributed by atoms with Crippen LogP contribution in [0.15, 0.2) is 48.2 Å². The van der Waals surface area contributed by atoms with Crippen molar-refractivity contribution in [1.82, 2.24) is 21.4 Å². The Bertz CT molecular complexity index is 630. The Morgan fingerprint density at radius 1 is 1.34 bits per heavy atom. The molecule has 0 spiro atoms. The SMILES string of the molecule is CC/C=C\C=C1\NC(Cl)NC(NCC2CC(C(C)C)NO2)C1CC1C=CC=CC1. The predicted octanol–water partition coefficient (Wildman–Crippen LogP) is 3.92. The molecule has 2 aliphatic heterocycles. The zero-order valence-corrected chi connectivity index (χ0v) is 18.7. The molecule has 2 heterocycles. The summed E-state index contributed by atoms with van der Waals surface area (Å²) in [4.78, 5) is 5.80. The zero-order chi connectivity index (χ0) is 20.6. The van der Waals surface area contributed by atoms with Gasteiger partial charge in [-0.1, -0.05) is 68.8 Å². The van der Waals surface area contributed by atoms with Crippen LogP contribution in [-0.2, 0) is 4.84 Å². The average molecular weight is 421 g/mol. The molecule has 162 valence electrons. The molecule has 2 saturated heterocycles. The Morgan fingerprint density at radius 2 is 2.21 bits per heavy atom. The normalized spacial score (nSPS) is 36.4. The average Bonchev–Trinajstić information content (AvgIpc) is 3.19. The minimum absolute atomic E-state index is 0.0982. The molecule has 0 saturated carbocycles. The van der Waals surface area contributed by atoms with Gasteiger partial charge in [-0.25, -0.2) is 0 Å². The molecule has 5 nitrogen and oxygen atoms in total. The Balaban J connectivity index is 1.67. The molecule has 1 aliphatic carbocycles. The smallest absolute Gasteiger partial charge is 0.156 e. The molecule has 0 aromatic carbocycles. The molecular formula is C23H37ClN4O. The van der Waals surface area contributed by atoms with Crippen LogP contribution < -0.4 is 21.4 Å². The van der Waals surface area contributed by atoms with E-state index < -0.39 is 0 Å². The van der Waals surface area contributed by atoms with Crippen molar-refractivity contribution in [3.05, 3.63) is 48.2 Å². The summed E-state index contributed by atoms with van der Waals surface area (Å²) in [6, 6.07) is 0.424. The van der Waals surface area contributed by atoms with Gasteiger partial charge in [-0.15, -0.1) is 0 Å². The Kier molecular flexibility index (Phi) is 8.82.